The molecule has 4 nitrogen and oxygen atoms in total. The van der Waals surface area contributed by atoms with Crippen molar-refractivity contribution in [3.63, 3.8) is 0 Å². The fourth-order valence-electron chi connectivity index (χ4n) is 1.26. The largest absolute Gasteiger partial charge is 0.420 e. The summed E-state index contributed by atoms with van der Waals surface area (Å²) >= 11 is 0. The Bertz CT molecular complexity index is 503. The van der Waals surface area contributed by atoms with Gasteiger partial charge >= 0.3 is 6.18 Å². The maximum Gasteiger partial charge on any atom is 0.420 e. The normalized spacial score (nSPS) is 11.7. The molecule has 0 bridgehead atoms. The Labute approximate surface area is 88.5 Å². The van der Waals surface area contributed by atoms with Gasteiger partial charge in [0, 0.05) is 18.5 Å². The van der Waals surface area contributed by atoms with Crippen molar-refractivity contribution in [2.45, 2.75) is 6.18 Å². The lowest BCUT2D eigenvalue weighted by Crippen LogP contribution is -2.12. The Kier molecular flexibility index (Phi) is 2.30. The summed E-state index contributed by atoms with van der Waals surface area (Å²) in [5.41, 5.74) is 4.49. The van der Waals surface area contributed by atoms with E-state index in [1.807, 2.05) is 0 Å². The first-order valence-corrected chi connectivity index (χ1v) is 4.32. The Morgan fingerprint density at radius 2 is 2.00 bits per heavy atom. The van der Waals surface area contributed by atoms with Gasteiger partial charge in [-0.3, -0.25) is 0 Å². The van der Waals surface area contributed by atoms with Crippen molar-refractivity contribution in [3.8, 4) is 5.82 Å². The zero-order chi connectivity index (χ0) is 11.8. The molecule has 0 saturated heterocycles. The van der Waals surface area contributed by atoms with Crippen LogP contribution in [0.4, 0.5) is 19.0 Å². The number of anilines is 1. The summed E-state index contributed by atoms with van der Waals surface area (Å²) in [5.74, 6) is -0.148. The van der Waals surface area contributed by atoms with Crippen LogP contribution in [0.25, 0.3) is 5.82 Å². The quantitative estimate of drug-likeness (QED) is 0.810. The summed E-state index contributed by atoms with van der Waals surface area (Å²) in [6.45, 7) is 0. The van der Waals surface area contributed by atoms with Gasteiger partial charge in [0.05, 0.1) is 0 Å². The van der Waals surface area contributed by atoms with Crippen LogP contribution < -0.4 is 5.73 Å². The second-order valence-corrected chi connectivity index (χ2v) is 3.06. The van der Waals surface area contributed by atoms with E-state index in [2.05, 4.69) is 10.1 Å². The van der Waals surface area contributed by atoms with E-state index >= 15 is 0 Å². The zero-order valence-corrected chi connectivity index (χ0v) is 7.94. The molecular weight excluding hydrogens is 221 g/mol. The SMILES string of the molecule is Nc1ccn(-c2ncccc2C(F)(F)F)n1. The van der Waals surface area contributed by atoms with Crippen LogP contribution in [0, 0.1) is 0 Å². The molecule has 2 rings (SSSR count). The van der Waals surface area contributed by atoms with E-state index in [-0.39, 0.29) is 11.6 Å². The molecule has 16 heavy (non-hydrogen) atoms. The van der Waals surface area contributed by atoms with Gasteiger partial charge in [0.2, 0.25) is 0 Å². The van der Waals surface area contributed by atoms with Gasteiger partial charge in [-0.1, -0.05) is 0 Å². The Balaban J connectivity index is 2.57. The van der Waals surface area contributed by atoms with Gasteiger partial charge < -0.3 is 5.73 Å². The van der Waals surface area contributed by atoms with Crippen molar-refractivity contribution in [1.82, 2.24) is 14.8 Å². The Morgan fingerprint density at radius 1 is 1.25 bits per heavy atom. The van der Waals surface area contributed by atoms with E-state index in [1.54, 1.807) is 0 Å². The third-order valence-electron chi connectivity index (χ3n) is 1.92. The van der Waals surface area contributed by atoms with Crippen molar-refractivity contribution in [2.75, 3.05) is 5.73 Å². The summed E-state index contributed by atoms with van der Waals surface area (Å²) in [6.07, 6.45) is -1.88. The molecule has 0 fully saturated rings. The summed E-state index contributed by atoms with van der Waals surface area (Å²) < 4.78 is 38.9. The van der Waals surface area contributed by atoms with Crippen LogP contribution in [0.3, 0.4) is 0 Å². The van der Waals surface area contributed by atoms with Crippen LogP contribution in [-0.2, 0) is 6.18 Å². The molecule has 0 aliphatic carbocycles. The molecule has 2 heterocycles. The molecule has 0 unspecified atom stereocenters. The molecule has 2 aromatic rings. The standard InChI is InChI=1S/C9H7F3N4/c10-9(11,12)6-2-1-4-14-8(6)16-5-3-7(13)15-16/h1-5H,(H2,13,15). The molecule has 0 aliphatic heterocycles. The van der Waals surface area contributed by atoms with E-state index in [9.17, 15) is 13.2 Å². The molecule has 0 saturated carbocycles. The minimum absolute atomic E-state index is 0.138. The van der Waals surface area contributed by atoms with Gasteiger partial charge in [0.1, 0.15) is 11.4 Å². The summed E-state index contributed by atoms with van der Waals surface area (Å²) in [4.78, 5) is 3.65. The number of hydrogen-bond acceptors (Lipinski definition) is 3. The summed E-state index contributed by atoms with van der Waals surface area (Å²) in [7, 11) is 0. The number of rotatable bonds is 1. The van der Waals surface area contributed by atoms with E-state index < -0.39 is 11.7 Å². The van der Waals surface area contributed by atoms with Crippen LogP contribution in [0.5, 0.6) is 0 Å². The smallest absolute Gasteiger partial charge is 0.382 e. The molecule has 7 heteroatoms. The molecule has 0 amide bonds. The van der Waals surface area contributed by atoms with Gasteiger partial charge in [-0.15, -0.1) is 5.10 Å². The van der Waals surface area contributed by atoms with Crippen molar-refractivity contribution in [3.05, 3.63) is 36.2 Å². The van der Waals surface area contributed by atoms with Crippen molar-refractivity contribution >= 4 is 5.82 Å². The molecule has 0 radical (unpaired) electrons. The fourth-order valence-corrected chi connectivity index (χ4v) is 1.26. The maximum atomic E-state index is 12.6. The van der Waals surface area contributed by atoms with Crippen LogP contribution in [-0.4, -0.2) is 14.8 Å². The molecule has 2 N–H and O–H groups in total. The first kappa shape index (κ1) is 10.5. The highest BCUT2D eigenvalue weighted by Gasteiger charge is 2.34. The fraction of sp³-hybridized carbons (Fsp3) is 0.111. The van der Waals surface area contributed by atoms with E-state index in [0.717, 1.165) is 10.7 Å². The number of aromatic nitrogens is 3. The molecule has 0 aliphatic rings. The molecule has 0 spiro atoms. The van der Waals surface area contributed by atoms with Crippen molar-refractivity contribution < 1.29 is 13.2 Å². The lowest BCUT2D eigenvalue weighted by molar-refractivity contribution is -0.137. The first-order chi connectivity index (χ1) is 7.48. The van der Waals surface area contributed by atoms with Crippen LogP contribution >= 0.6 is 0 Å². The van der Waals surface area contributed by atoms with E-state index in [4.69, 9.17) is 5.73 Å². The molecule has 0 atom stereocenters. The summed E-state index contributed by atoms with van der Waals surface area (Å²) in [5, 5.41) is 3.69. The molecule has 2 aromatic heterocycles. The third-order valence-corrected chi connectivity index (χ3v) is 1.92. The van der Waals surface area contributed by atoms with E-state index in [1.165, 1.54) is 24.5 Å². The number of nitrogen functional groups attached to an aromatic ring is 1. The third kappa shape index (κ3) is 1.83. The van der Waals surface area contributed by atoms with Crippen LogP contribution in [0.1, 0.15) is 5.56 Å². The average Bonchev–Trinajstić information content (AvgIpc) is 2.64. The number of pyridine rings is 1. The highest BCUT2D eigenvalue weighted by atomic mass is 19.4. The second-order valence-electron chi connectivity index (χ2n) is 3.06. The molecule has 0 aromatic carbocycles. The highest BCUT2D eigenvalue weighted by molar-refractivity contribution is 5.37. The minimum Gasteiger partial charge on any atom is -0.382 e. The molecule has 84 valence electrons. The lowest BCUT2D eigenvalue weighted by Gasteiger charge is -2.10. The van der Waals surface area contributed by atoms with Gasteiger partial charge in [-0.05, 0) is 12.1 Å². The van der Waals surface area contributed by atoms with Gasteiger partial charge in [-0.25, -0.2) is 9.67 Å². The van der Waals surface area contributed by atoms with Gasteiger partial charge in [-0.2, -0.15) is 13.2 Å². The monoisotopic (exact) mass is 228 g/mol. The number of hydrogen-bond donors (Lipinski definition) is 1. The van der Waals surface area contributed by atoms with E-state index in [0.29, 0.717) is 0 Å². The zero-order valence-electron chi connectivity index (χ0n) is 7.94. The number of nitrogens with two attached hydrogens (primary N) is 1. The van der Waals surface area contributed by atoms with Crippen LogP contribution in [0.2, 0.25) is 0 Å². The van der Waals surface area contributed by atoms with Crippen molar-refractivity contribution in [2.24, 2.45) is 0 Å². The average molecular weight is 228 g/mol. The van der Waals surface area contributed by atoms with Gasteiger partial charge in [0.25, 0.3) is 0 Å². The number of halogens is 3. The predicted molar refractivity (Wildman–Crippen MR) is 50.8 cm³/mol. The summed E-state index contributed by atoms with van der Waals surface area (Å²) in [6, 6.07) is 3.56. The van der Waals surface area contributed by atoms with Crippen molar-refractivity contribution in [1.29, 1.82) is 0 Å². The van der Waals surface area contributed by atoms with Gasteiger partial charge in [0.15, 0.2) is 5.82 Å². The number of nitrogens with zero attached hydrogens (tertiary/aromatic N) is 3. The van der Waals surface area contributed by atoms with Crippen LogP contribution in [0.15, 0.2) is 30.6 Å². The minimum atomic E-state index is -4.47. The predicted octanol–water partition coefficient (Wildman–Crippen LogP) is 1.87. The Hall–Kier alpha value is -2.05. The highest BCUT2D eigenvalue weighted by Crippen LogP contribution is 2.32. The number of alkyl halides is 3. The molecular formula is C9H7F3N4. The second kappa shape index (κ2) is 3.51. The lowest BCUT2D eigenvalue weighted by atomic mass is 10.2. The maximum absolute atomic E-state index is 12.6. The Morgan fingerprint density at radius 3 is 2.56 bits per heavy atom. The first-order valence-electron chi connectivity index (χ1n) is 4.32. The topological polar surface area (TPSA) is 56.7 Å².